The van der Waals surface area contributed by atoms with Crippen molar-refractivity contribution in [3.63, 3.8) is 0 Å². The fourth-order valence-electron chi connectivity index (χ4n) is 8.48. The third kappa shape index (κ3) is 12.8. The highest BCUT2D eigenvalue weighted by Crippen LogP contribution is 2.59. The molecule has 14 nitrogen and oxygen atoms in total. The molecule has 3 fully saturated rings. The molecule has 1 aliphatic carbocycles. The lowest BCUT2D eigenvalue weighted by atomic mass is 9.97. The number of likely N-dealkylation sites (tertiary alicyclic amines) is 1. The van der Waals surface area contributed by atoms with E-state index in [-0.39, 0.29) is 44.7 Å². The first-order valence-electron chi connectivity index (χ1n) is 22.3. The van der Waals surface area contributed by atoms with Crippen LogP contribution in [0, 0.1) is 11.3 Å². The van der Waals surface area contributed by atoms with Gasteiger partial charge < -0.3 is 36.0 Å². The van der Waals surface area contributed by atoms with Crippen molar-refractivity contribution in [1.29, 1.82) is 0 Å². The zero-order valence-electron chi connectivity index (χ0n) is 37.4. The molecular weight excluding hydrogens is 885 g/mol. The third-order valence-electron chi connectivity index (χ3n) is 12.2. The molecule has 1 aromatic carbocycles. The summed E-state index contributed by atoms with van der Waals surface area (Å²) >= 11 is 12.9. The number of likely N-dealkylation sites (N-methyl/N-ethyl adjacent to an activating group) is 1. The second kappa shape index (κ2) is 22.8. The standard InChI is InChI=1S/C44H63Cl2F4N7O7/c1-7-12-31-36(58)51-18-11-10-13-33(55(6)40(62)30(9-3)52-39(61)35-23-28(47)24-57(35)42(64)43(16-17-43)44(48,49)50)37(59)54-32(20-25(4)5)41(63)56(19-8-2)34(38(60)53-31)22-26-21-27(45)14-15-29(26)46/h14-15,21,25,28,30-35H,7-13,16-20,22-24H2,1-6H3,(H,51,58)(H,52,61)(H,53,60)(H,54,59)/t28-,30+,31-,32+,33+,34+,35+/m1/s1. The number of benzene rings is 1. The molecule has 64 heavy (non-hydrogen) atoms. The van der Waals surface area contributed by atoms with Gasteiger partial charge in [-0.15, -0.1) is 0 Å². The van der Waals surface area contributed by atoms with Gasteiger partial charge in [0.05, 0.1) is 6.54 Å². The predicted octanol–water partition coefficient (Wildman–Crippen LogP) is 5.26. The van der Waals surface area contributed by atoms with Gasteiger partial charge in [0.15, 0.2) is 0 Å². The van der Waals surface area contributed by atoms with Crippen molar-refractivity contribution in [2.45, 2.75) is 160 Å². The van der Waals surface area contributed by atoms with E-state index >= 15 is 0 Å². The highest BCUT2D eigenvalue weighted by molar-refractivity contribution is 6.33. The second-order valence-corrected chi connectivity index (χ2v) is 18.5. The summed E-state index contributed by atoms with van der Waals surface area (Å²) in [5.74, 6) is -5.62. The molecule has 4 N–H and O–H groups in total. The second-order valence-electron chi connectivity index (χ2n) is 17.6. The van der Waals surface area contributed by atoms with Gasteiger partial charge in [0, 0.05) is 43.0 Å². The summed E-state index contributed by atoms with van der Waals surface area (Å²) in [7, 11) is 1.35. The smallest absolute Gasteiger partial charge is 0.354 e. The van der Waals surface area contributed by atoms with E-state index in [1.807, 2.05) is 27.7 Å². The van der Waals surface area contributed by atoms with E-state index in [2.05, 4.69) is 21.3 Å². The lowest BCUT2D eigenvalue weighted by Gasteiger charge is -2.37. The van der Waals surface area contributed by atoms with E-state index in [1.54, 1.807) is 25.1 Å². The molecular formula is C44H63Cl2F4N7O7. The zero-order chi connectivity index (χ0) is 47.7. The summed E-state index contributed by atoms with van der Waals surface area (Å²) in [6.45, 7) is 8.49. The van der Waals surface area contributed by atoms with Crippen molar-refractivity contribution in [2.24, 2.45) is 11.3 Å². The predicted molar refractivity (Wildman–Crippen MR) is 233 cm³/mol. The number of amides is 7. The molecule has 0 spiro atoms. The Kier molecular flexibility index (Phi) is 18.7. The van der Waals surface area contributed by atoms with Gasteiger partial charge in [0.1, 0.15) is 47.8 Å². The number of hydrogen-bond acceptors (Lipinski definition) is 7. The Morgan fingerprint density at radius 2 is 1.64 bits per heavy atom. The normalized spacial score (nSPS) is 25.3. The maximum Gasteiger partial charge on any atom is 0.403 e. The lowest BCUT2D eigenvalue weighted by Crippen LogP contribution is -2.61. The van der Waals surface area contributed by atoms with Crippen LogP contribution >= 0.6 is 23.2 Å². The molecule has 2 aliphatic heterocycles. The van der Waals surface area contributed by atoms with Gasteiger partial charge >= 0.3 is 6.18 Å². The molecule has 3 aliphatic rings. The summed E-state index contributed by atoms with van der Waals surface area (Å²) in [5, 5.41) is 11.7. The Bertz CT molecular complexity index is 1870. The number of halogens is 6. The molecule has 7 amide bonds. The van der Waals surface area contributed by atoms with Crippen LogP contribution < -0.4 is 21.3 Å². The van der Waals surface area contributed by atoms with Crippen molar-refractivity contribution >= 4 is 64.6 Å². The van der Waals surface area contributed by atoms with Crippen molar-refractivity contribution in [3.05, 3.63) is 33.8 Å². The number of nitrogens with zero attached hydrogens (tertiary/aromatic N) is 3. The minimum atomic E-state index is -4.88. The van der Waals surface area contributed by atoms with Crippen LogP contribution in [-0.2, 0) is 40.0 Å². The van der Waals surface area contributed by atoms with Crippen LogP contribution in [0.2, 0.25) is 10.0 Å². The Balaban J connectivity index is 1.67. The van der Waals surface area contributed by atoms with Crippen LogP contribution in [0.15, 0.2) is 18.2 Å². The topological polar surface area (TPSA) is 177 Å². The molecule has 358 valence electrons. The average molecular weight is 949 g/mol. The van der Waals surface area contributed by atoms with Crippen LogP contribution in [0.5, 0.6) is 0 Å². The molecule has 0 aromatic heterocycles. The maximum absolute atomic E-state index is 14.9. The first-order valence-corrected chi connectivity index (χ1v) is 23.1. The van der Waals surface area contributed by atoms with E-state index in [4.69, 9.17) is 23.2 Å². The molecule has 1 aromatic rings. The molecule has 0 unspecified atom stereocenters. The number of nitrogens with one attached hydrogen (secondary N) is 4. The van der Waals surface area contributed by atoms with E-state index in [1.165, 1.54) is 11.9 Å². The number of alkyl halides is 4. The SMILES string of the molecule is CCC[C@H]1NC(=O)[C@H](Cc2cc(Cl)ccc2Cl)N(CCC)C(=O)[C@H](CC(C)C)NC(=O)[C@@H](N(C)C(=O)[C@H](CC)NC(=O)[C@@H]2C[C@@H](F)CN2C(=O)C2(C(F)(F)F)CC2)CCCCNC1=O. The summed E-state index contributed by atoms with van der Waals surface area (Å²) < 4.78 is 56.4. The largest absolute Gasteiger partial charge is 0.403 e. The molecule has 2 saturated heterocycles. The van der Waals surface area contributed by atoms with E-state index in [0.717, 1.165) is 4.90 Å². The van der Waals surface area contributed by atoms with E-state index in [0.29, 0.717) is 52.6 Å². The maximum atomic E-state index is 14.9. The monoisotopic (exact) mass is 947 g/mol. The van der Waals surface area contributed by atoms with Gasteiger partial charge in [0.2, 0.25) is 41.4 Å². The van der Waals surface area contributed by atoms with Crippen LogP contribution in [0.25, 0.3) is 0 Å². The average Bonchev–Trinajstić information content (AvgIpc) is 3.97. The highest BCUT2D eigenvalue weighted by Gasteiger charge is 2.70. The van der Waals surface area contributed by atoms with Gasteiger partial charge in [-0.1, -0.05) is 64.2 Å². The molecule has 4 rings (SSSR count). The molecule has 7 atom stereocenters. The zero-order valence-corrected chi connectivity index (χ0v) is 38.9. The highest BCUT2D eigenvalue weighted by atomic mass is 35.5. The Labute approximate surface area is 382 Å². The fraction of sp³-hybridized carbons (Fsp3) is 0.705. The van der Waals surface area contributed by atoms with E-state index < -0.39 is 121 Å². The van der Waals surface area contributed by atoms with E-state index in [9.17, 15) is 51.1 Å². The Morgan fingerprint density at radius 1 is 0.969 bits per heavy atom. The van der Waals surface area contributed by atoms with Crippen LogP contribution in [-0.4, -0.2) is 131 Å². The quantitative estimate of drug-likeness (QED) is 0.184. The van der Waals surface area contributed by atoms with Crippen molar-refractivity contribution < 1.29 is 51.1 Å². The number of hydrogen-bond donors (Lipinski definition) is 4. The van der Waals surface area contributed by atoms with Gasteiger partial charge in [-0.3, -0.25) is 33.6 Å². The number of carbonyl (C=O) groups excluding carboxylic acids is 7. The summed E-state index contributed by atoms with van der Waals surface area (Å²) in [4.78, 5) is 101. The molecule has 0 radical (unpaired) electrons. The fourth-order valence-corrected chi connectivity index (χ4v) is 8.87. The summed E-state index contributed by atoms with van der Waals surface area (Å²) in [6.07, 6.45) is -6.16. The first-order chi connectivity index (χ1) is 30.1. The van der Waals surface area contributed by atoms with Crippen LogP contribution in [0.4, 0.5) is 17.6 Å². The number of carbonyl (C=O) groups is 7. The molecule has 1 saturated carbocycles. The third-order valence-corrected chi connectivity index (χ3v) is 12.8. The van der Waals surface area contributed by atoms with Crippen molar-refractivity contribution in [3.8, 4) is 0 Å². The minimum Gasteiger partial charge on any atom is -0.354 e. The Hall–Kier alpha value is -4.19. The van der Waals surface area contributed by atoms with Crippen LogP contribution in [0.3, 0.4) is 0 Å². The molecule has 20 heteroatoms. The minimum absolute atomic E-state index is 0.0407. The van der Waals surface area contributed by atoms with Gasteiger partial charge in [-0.25, -0.2) is 4.39 Å². The van der Waals surface area contributed by atoms with Gasteiger partial charge in [-0.2, -0.15) is 13.2 Å². The Morgan fingerprint density at radius 3 is 2.23 bits per heavy atom. The van der Waals surface area contributed by atoms with Crippen molar-refractivity contribution in [2.75, 3.05) is 26.7 Å². The van der Waals surface area contributed by atoms with Crippen molar-refractivity contribution in [1.82, 2.24) is 36.0 Å². The summed E-state index contributed by atoms with van der Waals surface area (Å²) in [6, 6.07) is -2.74. The molecule has 0 bridgehead atoms. The summed E-state index contributed by atoms with van der Waals surface area (Å²) in [5.41, 5.74) is -2.20. The van der Waals surface area contributed by atoms with Crippen LogP contribution in [0.1, 0.15) is 111 Å². The lowest BCUT2D eigenvalue weighted by molar-refractivity contribution is -0.199. The number of rotatable bonds is 14. The van der Waals surface area contributed by atoms with Gasteiger partial charge in [-0.05, 0) is 87.5 Å². The molecule has 2 heterocycles. The first kappa shape index (κ1) is 52.4. The van der Waals surface area contributed by atoms with Gasteiger partial charge in [0.25, 0.3) is 0 Å².